The van der Waals surface area contributed by atoms with E-state index in [1.807, 2.05) is 0 Å². The molecule has 0 bridgehead atoms. The zero-order valence-electron chi connectivity index (χ0n) is 10.9. The molecule has 2 rings (SSSR count). The number of anilines is 1. The standard InChI is InChI=1S/C13H15FN2O4/c1-2-12(18)15-6-9-7-16(13(19)20-9)8-3-4-11(17)10(14)5-8/h3-5,9,17H,2,6-7H2,1H3,(H,15,18)/t9-/m0/s1. The van der Waals surface area contributed by atoms with E-state index in [1.165, 1.54) is 17.0 Å². The van der Waals surface area contributed by atoms with Crippen LogP contribution in [0.3, 0.4) is 0 Å². The van der Waals surface area contributed by atoms with Crippen molar-refractivity contribution in [2.45, 2.75) is 19.4 Å². The van der Waals surface area contributed by atoms with Crippen molar-refractivity contribution in [2.24, 2.45) is 0 Å². The van der Waals surface area contributed by atoms with Gasteiger partial charge in [0.05, 0.1) is 18.8 Å². The number of hydrogen-bond donors (Lipinski definition) is 2. The Labute approximate surface area is 115 Å². The maximum Gasteiger partial charge on any atom is 0.414 e. The van der Waals surface area contributed by atoms with Gasteiger partial charge >= 0.3 is 6.09 Å². The highest BCUT2D eigenvalue weighted by molar-refractivity contribution is 5.89. The van der Waals surface area contributed by atoms with Crippen LogP contribution in [-0.2, 0) is 9.53 Å². The number of phenols is 1. The number of hydrogen-bond acceptors (Lipinski definition) is 4. The Morgan fingerprint density at radius 1 is 1.60 bits per heavy atom. The minimum atomic E-state index is -0.807. The van der Waals surface area contributed by atoms with Gasteiger partial charge in [-0.25, -0.2) is 9.18 Å². The second kappa shape index (κ2) is 5.77. The first-order valence-corrected chi connectivity index (χ1v) is 6.24. The fourth-order valence-electron chi connectivity index (χ4n) is 1.86. The molecule has 1 heterocycles. The predicted octanol–water partition coefficient (Wildman–Crippen LogP) is 1.38. The molecule has 0 spiro atoms. The monoisotopic (exact) mass is 282 g/mol. The Balaban J connectivity index is 2.01. The van der Waals surface area contributed by atoms with Crippen LogP contribution in [-0.4, -0.2) is 36.3 Å². The lowest BCUT2D eigenvalue weighted by molar-refractivity contribution is -0.121. The number of ether oxygens (including phenoxy) is 1. The second-order valence-corrected chi connectivity index (χ2v) is 4.41. The van der Waals surface area contributed by atoms with Gasteiger partial charge in [-0.3, -0.25) is 9.69 Å². The molecule has 6 nitrogen and oxygen atoms in total. The van der Waals surface area contributed by atoms with Gasteiger partial charge < -0.3 is 15.2 Å². The number of benzene rings is 1. The lowest BCUT2D eigenvalue weighted by atomic mass is 10.2. The third kappa shape index (κ3) is 2.98. The number of halogens is 1. The molecule has 1 aliphatic rings. The van der Waals surface area contributed by atoms with Crippen molar-refractivity contribution in [1.82, 2.24) is 5.32 Å². The Kier molecular flexibility index (Phi) is 4.07. The van der Waals surface area contributed by atoms with Crippen LogP contribution in [0.25, 0.3) is 0 Å². The van der Waals surface area contributed by atoms with Crippen molar-refractivity contribution in [3.63, 3.8) is 0 Å². The molecule has 108 valence electrons. The van der Waals surface area contributed by atoms with E-state index < -0.39 is 23.8 Å². The summed E-state index contributed by atoms with van der Waals surface area (Å²) in [6, 6.07) is 3.65. The summed E-state index contributed by atoms with van der Waals surface area (Å²) < 4.78 is 18.4. The van der Waals surface area contributed by atoms with Gasteiger partial charge in [0.15, 0.2) is 11.6 Å². The molecule has 2 amide bonds. The van der Waals surface area contributed by atoms with Gasteiger partial charge in [0, 0.05) is 12.5 Å². The number of cyclic esters (lactones) is 1. The number of carbonyl (C=O) groups excluding carboxylic acids is 2. The fraction of sp³-hybridized carbons (Fsp3) is 0.385. The Hall–Kier alpha value is -2.31. The molecule has 1 saturated heterocycles. The zero-order valence-corrected chi connectivity index (χ0v) is 10.9. The summed E-state index contributed by atoms with van der Waals surface area (Å²) in [5, 5.41) is 11.8. The van der Waals surface area contributed by atoms with E-state index in [9.17, 15) is 14.0 Å². The Bertz CT molecular complexity index is 535. The van der Waals surface area contributed by atoms with Crippen LogP contribution in [0, 0.1) is 5.82 Å². The molecule has 7 heteroatoms. The summed E-state index contributed by atoms with van der Waals surface area (Å²) in [7, 11) is 0. The summed E-state index contributed by atoms with van der Waals surface area (Å²) in [5.41, 5.74) is 0.301. The first kappa shape index (κ1) is 14.1. The van der Waals surface area contributed by atoms with E-state index in [2.05, 4.69) is 5.32 Å². The quantitative estimate of drug-likeness (QED) is 0.874. The van der Waals surface area contributed by atoms with E-state index in [0.717, 1.165) is 6.07 Å². The van der Waals surface area contributed by atoms with Crippen LogP contribution in [0.1, 0.15) is 13.3 Å². The van der Waals surface area contributed by atoms with Crippen molar-refractivity contribution in [3.05, 3.63) is 24.0 Å². The second-order valence-electron chi connectivity index (χ2n) is 4.41. The number of rotatable bonds is 4. The third-order valence-electron chi connectivity index (χ3n) is 2.97. The number of carbonyl (C=O) groups is 2. The van der Waals surface area contributed by atoms with E-state index in [4.69, 9.17) is 9.84 Å². The Morgan fingerprint density at radius 3 is 3.00 bits per heavy atom. The van der Waals surface area contributed by atoms with Crippen LogP contribution in [0.2, 0.25) is 0 Å². The van der Waals surface area contributed by atoms with Crippen LogP contribution in [0.15, 0.2) is 18.2 Å². The van der Waals surface area contributed by atoms with Gasteiger partial charge in [-0.2, -0.15) is 0 Å². The molecule has 2 N–H and O–H groups in total. The third-order valence-corrected chi connectivity index (χ3v) is 2.97. The van der Waals surface area contributed by atoms with Crippen molar-refractivity contribution >= 4 is 17.7 Å². The van der Waals surface area contributed by atoms with E-state index >= 15 is 0 Å². The molecular weight excluding hydrogens is 267 g/mol. The summed E-state index contributed by atoms with van der Waals surface area (Å²) in [6.07, 6.45) is -0.728. The van der Waals surface area contributed by atoms with Crippen LogP contribution < -0.4 is 10.2 Å². The summed E-state index contributed by atoms with van der Waals surface area (Å²) in [4.78, 5) is 24.1. The predicted molar refractivity (Wildman–Crippen MR) is 69.0 cm³/mol. The molecule has 0 aliphatic carbocycles. The normalized spacial score (nSPS) is 18.0. The van der Waals surface area contributed by atoms with Crippen LogP contribution in [0.4, 0.5) is 14.9 Å². The van der Waals surface area contributed by atoms with Crippen molar-refractivity contribution in [3.8, 4) is 5.75 Å². The van der Waals surface area contributed by atoms with Crippen molar-refractivity contribution < 1.29 is 23.8 Å². The smallest absolute Gasteiger partial charge is 0.414 e. The van der Waals surface area contributed by atoms with Crippen LogP contribution >= 0.6 is 0 Å². The highest BCUT2D eigenvalue weighted by atomic mass is 19.1. The fourth-order valence-corrected chi connectivity index (χ4v) is 1.86. The van der Waals surface area contributed by atoms with Gasteiger partial charge in [-0.15, -0.1) is 0 Å². The lowest BCUT2D eigenvalue weighted by Crippen LogP contribution is -2.34. The highest BCUT2D eigenvalue weighted by Gasteiger charge is 2.32. The lowest BCUT2D eigenvalue weighted by Gasteiger charge is -2.13. The molecule has 0 aromatic heterocycles. The summed E-state index contributed by atoms with van der Waals surface area (Å²) in [5.74, 6) is -1.42. The molecule has 0 unspecified atom stereocenters. The van der Waals surface area contributed by atoms with Gasteiger partial charge in [-0.05, 0) is 12.1 Å². The molecule has 1 aliphatic heterocycles. The summed E-state index contributed by atoms with van der Waals surface area (Å²) >= 11 is 0. The zero-order chi connectivity index (χ0) is 14.7. The molecule has 0 saturated carbocycles. The number of nitrogens with zero attached hydrogens (tertiary/aromatic N) is 1. The molecule has 20 heavy (non-hydrogen) atoms. The number of aromatic hydroxyl groups is 1. The van der Waals surface area contributed by atoms with Crippen molar-refractivity contribution in [2.75, 3.05) is 18.0 Å². The summed E-state index contributed by atoms with van der Waals surface area (Å²) in [6.45, 7) is 2.16. The highest BCUT2D eigenvalue weighted by Crippen LogP contribution is 2.26. The molecular formula is C13H15FN2O4. The maximum atomic E-state index is 13.3. The van der Waals surface area contributed by atoms with Crippen LogP contribution in [0.5, 0.6) is 5.75 Å². The van der Waals surface area contributed by atoms with Gasteiger partial charge in [0.1, 0.15) is 6.10 Å². The molecule has 0 radical (unpaired) electrons. The molecule has 1 atom stereocenters. The first-order valence-electron chi connectivity index (χ1n) is 6.24. The molecule has 1 fully saturated rings. The van der Waals surface area contributed by atoms with E-state index in [0.29, 0.717) is 12.1 Å². The number of nitrogens with one attached hydrogen (secondary N) is 1. The Morgan fingerprint density at radius 2 is 2.35 bits per heavy atom. The topological polar surface area (TPSA) is 78.9 Å². The molecule has 1 aromatic carbocycles. The number of amides is 2. The minimum Gasteiger partial charge on any atom is -0.505 e. The average Bonchev–Trinajstić information content (AvgIpc) is 2.80. The molecule has 1 aromatic rings. The number of phenolic OH excluding ortho intramolecular Hbond substituents is 1. The first-order chi connectivity index (χ1) is 9.51. The van der Waals surface area contributed by atoms with E-state index in [1.54, 1.807) is 6.92 Å². The van der Waals surface area contributed by atoms with Gasteiger partial charge in [0.2, 0.25) is 5.91 Å². The minimum absolute atomic E-state index is 0.129. The van der Waals surface area contributed by atoms with Gasteiger partial charge in [0.25, 0.3) is 0 Å². The van der Waals surface area contributed by atoms with Gasteiger partial charge in [-0.1, -0.05) is 6.92 Å². The van der Waals surface area contributed by atoms with E-state index in [-0.39, 0.29) is 19.0 Å². The maximum absolute atomic E-state index is 13.3. The van der Waals surface area contributed by atoms with Crippen molar-refractivity contribution in [1.29, 1.82) is 0 Å². The largest absolute Gasteiger partial charge is 0.505 e. The SMILES string of the molecule is CCC(=O)NC[C@H]1CN(c2ccc(O)c(F)c2)C(=O)O1. The average molecular weight is 282 g/mol.